The van der Waals surface area contributed by atoms with Crippen LogP contribution in [0.5, 0.6) is 0 Å². The molecule has 0 unspecified atom stereocenters. The number of amides is 2. The van der Waals surface area contributed by atoms with E-state index in [9.17, 15) is 31.5 Å². The number of halogens is 6. The van der Waals surface area contributed by atoms with E-state index in [4.69, 9.17) is 0 Å². The average Bonchev–Trinajstić information content (AvgIpc) is 2.90. The normalized spacial score (nSPS) is 16.7. The summed E-state index contributed by atoms with van der Waals surface area (Å²) in [5, 5.41) is 5.31. The van der Waals surface area contributed by atoms with Crippen molar-refractivity contribution in [3.05, 3.63) is 64.5 Å². The number of nitrogens with one attached hydrogen (secondary N) is 2. The van der Waals surface area contributed by atoms with Crippen molar-refractivity contribution in [3.8, 4) is 0 Å². The Balaban J connectivity index is 0.00000363. The number of likely N-dealkylation sites (N-methyl/N-ethyl adjacent to an activating group) is 1. The van der Waals surface area contributed by atoms with E-state index in [1.807, 2.05) is 0 Å². The molecular weight excluding hydrogens is 457 g/mol. The summed E-state index contributed by atoms with van der Waals surface area (Å²) in [5.74, 6) is -11.6. The lowest BCUT2D eigenvalue weighted by atomic mass is 10.1. The van der Waals surface area contributed by atoms with E-state index in [-0.39, 0.29) is 24.5 Å². The Morgan fingerprint density at radius 2 is 1.62 bits per heavy atom. The molecule has 2 N–H and O–H groups in total. The van der Waals surface area contributed by atoms with E-state index in [0.29, 0.717) is 12.0 Å². The maximum atomic E-state index is 14.3. The third-order valence-electron chi connectivity index (χ3n) is 5.31. The average molecular weight is 478 g/mol. The van der Waals surface area contributed by atoms with E-state index in [0.717, 1.165) is 4.90 Å². The summed E-state index contributed by atoms with van der Waals surface area (Å²) >= 11 is 0. The Kier molecular flexibility index (Phi) is 8.19. The summed E-state index contributed by atoms with van der Waals surface area (Å²) < 4.78 is 69.3. The number of carbonyl (C=O) groups excluding carboxylic acids is 2. The topological polar surface area (TPSA) is 61.4 Å². The van der Waals surface area contributed by atoms with Gasteiger partial charge in [0.25, 0.3) is 0 Å². The molecule has 2 aromatic carbocycles. The summed E-state index contributed by atoms with van der Waals surface area (Å²) in [7, 11) is 1.56. The largest absolute Gasteiger partial charge is 0.343 e. The van der Waals surface area contributed by atoms with E-state index in [1.54, 1.807) is 32.2 Å². The Morgan fingerprint density at radius 1 is 1.06 bits per heavy atom. The molecule has 0 saturated carbocycles. The van der Waals surface area contributed by atoms with E-state index in [2.05, 4.69) is 10.6 Å². The molecule has 2 aromatic rings. The van der Waals surface area contributed by atoms with Crippen molar-refractivity contribution in [2.75, 3.05) is 11.9 Å². The van der Waals surface area contributed by atoms with Gasteiger partial charge in [-0.25, -0.2) is 22.0 Å². The molecule has 2 amide bonds. The van der Waals surface area contributed by atoms with Crippen LogP contribution in [0.2, 0.25) is 0 Å². The fraction of sp³-hybridized carbons (Fsp3) is 0.333. The highest BCUT2D eigenvalue weighted by molar-refractivity contribution is 6.00. The van der Waals surface area contributed by atoms with Crippen LogP contribution in [0.4, 0.5) is 27.6 Å². The van der Waals surface area contributed by atoms with Gasteiger partial charge in [-0.1, -0.05) is 18.2 Å². The molecule has 0 spiro atoms. The van der Waals surface area contributed by atoms with E-state index < -0.39 is 65.1 Å². The smallest absolute Gasteiger partial charge is 0.249 e. The van der Waals surface area contributed by atoms with Crippen LogP contribution >= 0.6 is 12.4 Å². The zero-order valence-electron chi connectivity index (χ0n) is 17.1. The molecule has 1 aliphatic heterocycles. The number of hydrogen-bond donors (Lipinski definition) is 2. The zero-order valence-corrected chi connectivity index (χ0v) is 18.0. The van der Waals surface area contributed by atoms with Crippen molar-refractivity contribution < 1.29 is 31.5 Å². The molecule has 3 rings (SSSR count). The number of rotatable bonds is 5. The summed E-state index contributed by atoms with van der Waals surface area (Å²) in [6, 6.07) is 4.83. The van der Waals surface area contributed by atoms with Gasteiger partial charge in [0.15, 0.2) is 23.3 Å². The summed E-state index contributed by atoms with van der Waals surface area (Å²) in [4.78, 5) is 26.4. The molecule has 0 radical (unpaired) electrons. The van der Waals surface area contributed by atoms with Gasteiger partial charge in [0.05, 0.1) is 12.6 Å². The molecule has 0 bridgehead atoms. The quantitative estimate of drug-likeness (QED) is 0.394. The Bertz CT molecular complexity index is 1010. The van der Waals surface area contributed by atoms with Crippen LogP contribution < -0.4 is 15.5 Å². The van der Waals surface area contributed by atoms with Crippen molar-refractivity contribution in [3.63, 3.8) is 0 Å². The Labute approximate surface area is 187 Å². The number of hydrogen-bond acceptors (Lipinski definition) is 3. The molecule has 0 aliphatic carbocycles. The summed E-state index contributed by atoms with van der Waals surface area (Å²) in [6.45, 7) is 0.688. The maximum absolute atomic E-state index is 14.3. The lowest BCUT2D eigenvalue weighted by Crippen LogP contribution is -2.52. The first-order valence-electron chi connectivity index (χ1n) is 9.54. The third kappa shape index (κ3) is 4.71. The van der Waals surface area contributed by atoms with Crippen LogP contribution in [0.3, 0.4) is 0 Å². The molecule has 11 heteroatoms. The highest BCUT2D eigenvalue weighted by atomic mass is 35.5. The lowest BCUT2D eigenvalue weighted by Gasteiger charge is -2.27. The first kappa shape index (κ1) is 25.5. The second kappa shape index (κ2) is 10.3. The highest BCUT2D eigenvalue weighted by Gasteiger charge is 2.34. The number of benzene rings is 2. The molecule has 174 valence electrons. The highest BCUT2D eigenvalue weighted by Crippen LogP contribution is 2.31. The molecule has 0 aromatic heterocycles. The fourth-order valence-corrected chi connectivity index (χ4v) is 3.39. The minimum absolute atomic E-state index is 0. The van der Waals surface area contributed by atoms with Crippen molar-refractivity contribution in [2.24, 2.45) is 0 Å². The molecular formula is C21H21ClF5N3O2. The minimum atomic E-state index is -2.27. The van der Waals surface area contributed by atoms with Crippen molar-refractivity contribution in [1.82, 2.24) is 10.6 Å². The van der Waals surface area contributed by atoms with Gasteiger partial charge in [0.2, 0.25) is 17.6 Å². The van der Waals surface area contributed by atoms with Gasteiger partial charge < -0.3 is 15.5 Å². The van der Waals surface area contributed by atoms with Gasteiger partial charge >= 0.3 is 0 Å². The molecule has 32 heavy (non-hydrogen) atoms. The monoisotopic (exact) mass is 477 g/mol. The number of para-hydroxylation sites is 1. The second-order valence-corrected chi connectivity index (χ2v) is 7.21. The van der Waals surface area contributed by atoms with Crippen molar-refractivity contribution in [1.29, 1.82) is 0 Å². The van der Waals surface area contributed by atoms with Gasteiger partial charge in [-0.15, -0.1) is 12.4 Å². The Hall–Kier alpha value is -2.72. The first-order chi connectivity index (χ1) is 14.7. The molecule has 1 aliphatic rings. The number of nitrogens with zero attached hydrogens (tertiary/aromatic N) is 1. The van der Waals surface area contributed by atoms with Crippen molar-refractivity contribution in [2.45, 2.75) is 38.4 Å². The zero-order chi connectivity index (χ0) is 22.9. The minimum Gasteiger partial charge on any atom is -0.343 e. The molecule has 2 atom stereocenters. The molecule has 0 fully saturated rings. The maximum Gasteiger partial charge on any atom is 0.249 e. The summed E-state index contributed by atoms with van der Waals surface area (Å²) in [5.41, 5.74) is -0.219. The van der Waals surface area contributed by atoms with Gasteiger partial charge in [0, 0.05) is 11.3 Å². The molecule has 5 nitrogen and oxygen atoms in total. The van der Waals surface area contributed by atoms with Crippen LogP contribution in [0.25, 0.3) is 0 Å². The number of fused-ring (bicyclic) bond motifs is 1. The predicted molar refractivity (Wildman–Crippen MR) is 110 cm³/mol. The Morgan fingerprint density at radius 3 is 2.22 bits per heavy atom. The van der Waals surface area contributed by atoms with Gasteiger partial charge in [-0.2, -0.15) is 0 Å². The molecule has 1 heterocycles. The van der Waals surface area contributed by atoms with Crippen molar-refractivity contribution >= 4 is 29.9 Å². The summed E-state index contributed by atoms with van der Waals surface area (Å²) in [6.07, 6.45) is 0.556. The van der Waals surface area contributed by atoms with Crippen LogP contribution in [0, 0.1) is 29.1 Å². The van der Waals surface area contributed by atoms with E-state index in [1.165, 1.54) is 6.07 Å². The number of aryl methyl sites for hydroxylation is 1. The van der Waals surface area contributed by atoms with Gasteiger partial charge in [-0.05, 0) is 38.4 Å². The number of anilines is 1. The standard InChI is InChI=1S/C21H20F5N3O2.ClH/c1-10(27-2)20(30)28-13-8-7-11-5-3-4-6-14(11)29(21(13)31)9-12-15(22)17(24)19(26)18(25)16(12)23;/h3-6,10,13,27H,7-9H2,1-2H3,(H,28,30);1H/t10-,13-;/m0./s1. The predicted octanol–water partition coefficient (Wildman–Crippen LogP) is 3.38. The van der Waals surface area contributed by atoms with Crippen LogP contribution in [0.15, 0.2) is 24.3 Å². The SMILES string of the molecule is CN[C@@H](C)C(=O)N[C@H]1CCc2ccccc2N(Cc2c(F)c(F)c(F)c(F)c2F)C1=O.Cl. The fourth-order valence-electron chi connectivity index (χ4n) is 3.39. The first-order valence-corrected chi connectivity index (χ1v) is 9.54. The van der Waals surface area contributed by atoms with Crippen LogP contribution in [0.1, 0.15) is 24.5 Å². The number of carbonyl (C=O) groups is 2. The van der Waals surface area contributed by atoms with Gasteiger partial charge in [-0.3, -0.25) is 9.59 Å². The second-order valence-electron chi connectivity index (χ2n) is 7.21. The van der Waals surface area contributed by atoms with Crippen LogP contribution in [-0.4, -0.2) is 30.9 Å². The van der Waals surface area contributed by atoms with Crippen LogP contribution in [-0.2, 0) is 22.6 Å². The lowest BCUT2D eigenvalue weighted by molar-refractivity contribution is -0.128. The van der Waals surface area contributed by atoms with Gasteiger partial charge in [0.1, 0.15) is 6.04 Å². The van der Waals surface area contributed by atoms with E-state index >= 15 is 0 Å². The third-order valence-corrected chi connectivity index (χ3v) is 5.31. The molecule has 0 saturated heterocycles.